The van der Waals surface area contributed by atoms with Crippen LogP contribution in [0.3, 0.4) is 0 Å². The number of carbonyl (C=O) groups excluding carboxylic acids is 2. The van der Waals surface area contributed by atoms with Crippen LogP contribution in [-0.4, -0.2) is 70.2 Å². The van der Waals surface area contributed by atoms with Crippen LogP contribution >= 0.6 is 27.5 Å². The van der Waals surface area contributed by atoms with Gasteiger partial charge in [-0.25, -0.2) is 17.6 Å². The van der Waals surface area contributed by atoms with Crippen LogP contribution in [0, 0.1) is 17.1 Å². The Labute approximate surface area is 265 Å². The van der Waals surface area contributed by atoms with E-state index in [1.165, 1.54) is 24.4 Å². The molecule has 3 atom stereocenters. The minimum absolute atomic E-state index is 0.0192. The molecule has 0 bridgehead atoms. The number of pyridine rings is 1. The van der Waals surface area contributed by atoms with Crippen molar-refractivity contribution in [2.45, 2.75) is 53.1 Å². The lowest BCUT2D eigenvalue weighted by Gasteiger charge is -2.44. The van der Waals surface area contributed by atoms with Crippen LogP contribution < -0.4 is 10.6 Å². The number of rotatable bonds is 7. The molecule has 0 spiro atoms. The molecule has 2 N–H and O–H groups in total. The molecule has 2 amide bonds. The lowest BCUT2D eigenvalue weighted by atomic mass is 9.82. The van der Waals surface area contributed by atoms with Crippen LogP contribution in [0.15, 0.2) is 52.2 Å². The van der Waals surface area contributed by atoms with Crippen LogP contribution in [0.25, 0.3) is 11.1 Å². The summed E-state index contributed by atoms with van der Waals surface area (Å²) in [5.41, 5.74) is -1.39. The molecule has 0 radical (unpaired) electrons. The van der Waals surface area contributed by atoms with E-state index >= 15 is 4.39 Å². The number of nitriles is 1. The molecule has 2 aromatic heterocycles. The number of nitrogens with zero attached hydrogens (tertiary/aromatic N) is 5. The molecular weight excluding hydrogens is 681 g/mol. The molecule has 230 valence electrons. The molecule has 3 aliphatic rings. The Morgan fingerprint density at radius 1 is 1.25 bits per heavy atom. The van der Waals surface area contributed by atoms with Gasteiger partial charge >= 0.3 is 6.09 Å². The Morgan fingerprint density at radius 2 is 2.00 bits per heavy atom. The summed E-state index contributed by atoms with van der Waals surface area (Å²) in [7, 11) is -2.41. The fourth-order valence-electron chi connectivity index (χ4n) is 5.55. The highest BCUT2D eigenvalue weighted by atomic mass is 79.9. The summed E-state index contributed by atoms with van der Waals surface area (Å²) >= 11 is 9.67. The number of sulfone groups is 1. The lowest BCUT2D eigenvalue weighted by molar-refractivity contribution is -0.149. The van der Waals surface area contributed by atoms with Crippen LogP contribution in [0.5, 0.6) is 0 Å². The van der Waals surface area contributed by atoms with Crippen molar-refractivity contribution in [2.24, 2.45) is 7.05 Å². The monoisotopic (exact) mass is 705 g/mol. The van der Waals surface area contributed by atoms with Crippen molar-refractivity contribution >= 4 is 49.4 Å². The van der Waals surface area contributed by atoms with Gasteiger partial charge in [0.1, 0.15) is 22.6 Å². The normalized spacial score (nSPS) is 23.8. The van der Waals surface area contributed by atoms with E-state index in [4.69, 9.17) is 16.3 Å². The maximum atomic E-state index is 15.1. The Kier molecular flexibility index (Phi) is 7.68. The predicted octanol–water partition coefficient (Wildman–Crippen LogP) is 3.41. The van der Waals surface area contributed by atoms with Crippen LogP contribution in [0.2, 0.25) is 5.02 Å². The standard InChI is InChI=1S/C28H26BrClFN7O5S/c1-37-13-17(11-35-37)16-2-3-22(20(30)8-16)44(41,42)19-10-23(43-26(40)36-27(15-32)4-5-27)38(14-19)25(39)28(6-7-34-28)24-21(31)9-18(29)12-33-24/h2-3,8-9,11-13,19,23,34H,4-7,10,14H2,1H3,(H,36,40)/t19-,23+,28?/m1/s1. The van der Waals surface area contributed by atoms with Crippen molar-refractivity contribution in [1.29, 1.82) is 5.26 Å². The average molecular weight is 707 g/mol. The van der Waals surface area contributed by atoms with Crippen molar-refractivity contribution in [3.05, 3.63) is 63.9 Å². The molecule has 1 aromatic carbocycles. The first-order chi connectivity index (χ1) is 20.9. The van der Waals surface area contributed by atoms with E-state index in [0.717, 1.165) is 10.5 Å². The van der Waals surface area contributed by atoms with Gasteiger partial charge in [-0.1, -0.05) is 17.7 Å². The lowest BCUT2D eigenvalue weighted by Crippen LogP contribution is -2.65. The van der Waals surface area contributed by atoms with E-state index in [-0.39, 0.29) is 35.0 Å². The summed E-state index contributed by atoms with van der Waals surface area (Å²) in [4.78, 5) is 32.1. The highest BCUT2D eigenvalue weighted by Crippen LogP contribution is 2.40. The maximum Gasteiger partial charge on any atom is 0.410 e. The third kappa shape index (κ3) is 5.33. The molecule has 6 rings (SSSR count). The summed E-state index contributed by atoms with van der Waals surface area (Å²) in [5, 5.41) is 17.8. The Bertz CT molecular complexity index is 1820. The van der Waals surface area contributed by atoms with Gasteiger partial charge in [0.05, 0.1) is 27.4 Å². The second-order valence-electron chi connectivity index (χ2n) is 11.2. The molecule has 16 heteroatoms. The number of alkyl carbamates (subject to hydrolysis) is 1. The highest BCUT2D eigenvalue weighted by molar-refractivity contribution is 9.10. The molecule has 4 heterocycles. The van der Waals surface area contributed by atoms with Gasteiger partial charge in [0.15, 0.2) is 16.1 Å². The molecule has 1 aliphatic carbocycles. The number of amides is 2. The molecule has 1 saturated carbocycles. The van der Waals surface area contributed by atoms with Crippen molar-refractivity contribution in [2.75, 3.05) is 13.1 Å². The number of hydrogen-bond acceptors (Lipinski definition) is 9. The smallest absolute Gasteiger partial charge is 0.410 e. The van der Waals surface area contributed by atoms with Crippen molar-refractivity contribution in [3.8, 4) is 17.2 Å². The number of carbonyl (C=O) groups is 2. The topological polar surface area (TPSA) is 159 Å². The third-order valence-corrected chi connectivity index (χ3v) is 11.3. The fourth-order valence-corrected chi connectivity index (χ4v) is 8.08. The number of nitrogens with one attached hydrogen (secondary N) is 2. The first-order valence-electron chi connectivity index (χ1n) is 13.7. The Balaban J connectivity index is 1.31. The van der Waals surface area contributed by atoms with Gasteiger partial charge in [0.25, 0.3) is 5.91 Å². The second-order valence-corrected chi connectivity index (χ2v) is 14.7. The summed E-state index contributed by atoms with van der Waals surface area (Å²) in [6.45, 7) is 0.0266. The number of halogens is 3. The second kappa shape index (κ2) is 11.1. The van der Waals surface area contributed by atoms with E-state index in [2.05, 4.69) is 36.6 Å². The van der Waals surface area contributed by atoms with E-state index in [1.54, 1.807) is 30.2 Å². The molecule has 3 aromatic rings. The van der Waals surface area contributed by atoms with Gasteiger partial charge in [0.2, 0.25) is 0 Å². The molecule has 2 saturated heterocycles. The highest BCUT2D eigenvalue weighted by Gasteiger charge is 2.56. The van der Waals surface area contributed by atoms with Gasteiger partial charge in [-0.3, -0.25) is 19.8 Å². The quantitative estimate of drug-likeness (QED) is 0.376. The number of aromatic nitrogens is 3. The summed E-state index contributed by atoms with van der Waals surface area (Å²) in [5.74, 6) is -1.42. The van der Waals surface area contributed by atoms with Crippen molar-refractivity contribution < 1.29 is 27.1 Å². The zero-order valence-corrected chi connectivity index (χ0v) is 26.4. The fraction of sp³-hybridized carbons (Fsp3) is 0.393. The maximum absolute atomic E-state index is 15.1. The molecule has 44 heavy (non-hydrogen) atoms. The average Bonchev–Trinajstić information content (AvgIpc) is 3.36. The Hall–Kier alpha value is -3.58. The largest absolute Gasteiger partial charge is 0.425 e. The number of hydrogen-bond donors (Lipinski definition) is 2. The zero-order chi connectivity index (χ0) is 31.4. The summed E-state index contributed by atoms with van der Waals surface area (Å²) in [6.07, 6.45) is 3.25. The van der Waals surface area contributed by atoms with Gasteiger partial charge < -0.3 is 15.0 Å². The van der Waals surface area contributed by atoms with Gasteiger partial charge in [-0.15, -0.1) is 0 Å². The molecular formula is C28H26BrClFN7O5S. The number of benzene rings is 1. The van der Waals surface area contributed by atoms with E-state index in [9.17, 15) is 23.3 Å². The van der Waals surface area contributed by atoms with Gasteiger partial charge in [0, 0.05) is 42.4 Å². The van der Waals surface area contributed by atoms with Gasteiger partial charge in [-0.05, 0) is 65.5 Å². The summed E-state index contributed by atoms with van der Waals surface area (Å²) < 4.78 is 50.6. The molecule has 12 nitrogen and oxygen atoms in total. The van der Waals surface area contributed by atoms with Gasteiger partial charge in [-0.2, -0.15) is 10.4 Å². The van der Waals surface area contributed by atoms with E-state index in [1.807, 2.05) is 6.07 Å². The first kappa shape index (κ1) is 30.4. The van der Waals surface area contributed by atoms with Crippen molar-refractivity contribution in [3.63, 3.8) is 0 Å². The van der Waals surface area contributed by atoms with Crippen LogP contribution in [0.4, 0.5) is 9.18 Å². The first-order valence-corrected chi connectivity index (χ1v) is 16.4. The molecule has 3 fully saturated rings. The predicted molar refractivity (Wildman–Crippen MR) is 158 cm³/mol. The number of aryl methyl sites for hydroxylation is 1. The summed E-state index contributed by atoms with van der Waals surface area (Å²) in [6, 6.07) is 7.74. The minimum atomic E-state index is -4.17. The van der Waals surface area contributed by atoms with Crippen molar-refractivity contribution in [1.82, 2.24) is 30.3 Å². The molecule has 2 aliphatic heterocycles. The Morgan fingerprint density at radius 3 is 2.57 bits per heavy atom. The number of ether oxygens (including phenoxy) is 1. The van der Waals surface area contributed by atoms with E-state index < -0.39 is 50.2 Å². The minimum Gasteiger partial charge on any atom is -0.425 e. The SMILES string of the molecule is Cn1cc(-c2ccc(S(=O)(=O)[C@@H]3C[C@H](OC(=O)NC4(C#N)CC4)N(C(=O)C4(c5ncc(Br)cc5F)CCN4)C3)c(Cl)c2)cn1. The zero-order valence-electron chi connectivity index (χ0n) is 23.3. The van der Waals surface area contributed by atoms with Crippen LogP contribution in [-0.2, 0) is 32.0 Å². The molecule has 1 unspecified atom stereocenters. The van der Waals surface area contributed by atoms with Crippen LogP contribution in [0.1, 0.15) is 31.4 Å². The van der Waals surface area contributed by atoms with E-state index in [0.29, 0.717) is 29.4 Å². The number of likely N-dealkylation sites (tertiary alicyclic amines) is 1. The third-order valence-electron chi connectivity index (χ3n) is 8.24.